The fourth-order valence-corrected chi connectivity index (χ4v) is 12.2. The molecule has 0 radical (unpaired) electrons. The van der Waals surface area contributed by atoms with Gasteiger partial charge in [-0.15, -0.1) is 0 Å². The number of esters is 4. The third-order valence-electron chi connectivity index (χ3n) is 17.0. The van der Waals surface area contributed by atoms with E-state index in [9.17, 15) is 43.2 Å². The fraction of sp³-hybridized carbons (Fsp3) is 0.944. The highest BCUT2D eigenvalue weighted by molar-refractivity contribution is 7.47. The Morgan fingerprint density at radius 2 is 0.533 bits per heavy atom. The molecule has 0 amide bonds. The molecule has 4 unspecified atom stereocenters. The quantitative estimate of drug-likeness (QED) is 0.0222. The van der Waals surface area contributed by atoms with Crippen molar-refractivity contribution in [1.82, 2.24) is 0 Å². The highest BCUT2D eigenvalue weighted by atomic mass is 31.2. The number of aliphatic hydroxyl groups is 1. The first-order valence-electron chi connectivity index (χ1n) is 36.8. The van der Waals surface area contributed by atoms with Gasteiger partial charge >= 0.3 is 39.5 Å². The molecule has 17 nitrogen and oxygen atoms in total. The number of aliphatic hydroxyl groups excluding tert-OH is 1. The van der Waals surface area contributed by atoms with Crippen LogP contribution in [0.15, 0.2) is 0 Å². The normalized spacial score (nSPS) is 14.9. The van der Waals surface area contributed by atoms with E-state index in [2.05, 4.69) is 55.4 Å². The smallest absolute Gasteiger partial charge is 0.462 e. The molecule has 3 N–H and O–H groups in total. The molecular weight excluding hydrogens is 1190 g/mol. The zero-order chi connectivity index (χ0) is 66.8. The van der Waals surface area contributed by atoms with Gasteiger partial charge in [0.25, 0.3) is 0 Å². The van der Waals surface area contributed by atoms with E-state index in [1.165, 1.54) is 141 Å². The van der Waals surface area contributed by atoms with Crippen LogP contribution in [-0.2, 0) is 65.4 Å². The van der Waals surface area contributed by atoms with E-state index in [-0.39, 0.29) is 25.7 Å². The number of carbonyl (C=O) groups excluding carboxylic acids is 4. The second-order valence-corrected chi connectivity index (χ2v) is 30.0. The maximum absolute atomic E-state index is 13.0. The molecule has 534 valence electrons. The zero-order valence-electron chi connectivity index (χ0n) is 58.8. The number of hydrogen-bond acceptors (Lipinski definition) is 15. The number of hydrogen-bond donors (Lipinski definition) is 3. The van der Waals surface area contributed by atoms with Crippen molar-refractivity contribution in [3.63, 3.8) is 0 Å². The lowest BCUT2D eigenvalue weighted by molar-refractivity contribution is -0.161. The predicted octanol–water partition coefficient (Wildman–Crippen LogP) is 20.1. The summed E-state index contributed by atoms with van der Waals surface area (Å²) in [6.07, 6.45) is 43.1. The van der Waals surface area contributed by atoms with Gasteiger partial charge in [-0.1, -0.05) is 299 Å². The van der Waals surface area contributed by atoms with Gasteiger partial charge in [-0.3, -0.25) is 37.3 Å². The molecule has 90 heavy (non-hydrogen) atoms. The van der Waals surface area contributed by atoms with Crippen LogP contribution in [0, 0.1) is 23.7 Å². The molecule has 0 aliphatic carbocycles. The van der Waals surface area contributed by atoms with Crippen molar-refractivity contribution in [1.29, 1.82) is 0 Å². The predicted molar refractivity (Wildman–Crippen MR) is 363 cm³/mol. The van der Waals surface area contributed by atoms with Crippen molar-refractivity contribution in [2.45, 2.75) is 369 Å². The summed E-state index contributed by atoms with van der Waals surface area (Å²) >= 11 is 0. The second kappa shape index (κ2) is 60.7. The Bertz CT molecular complexity index is 1790. The van der Waals surface area contributed by atoms with Gasteiger partial charge in [0.15, 0.2) is 12.2 Å². The van der Waals surface area contributed by atoms with Gasteiger partial charge in [-0.2, -0.15) is 0 Å². The summed E-state index contributed by atoms with van der Waals surface area (Å²) in [6, 6.07) is 0. The molecule has 0 fully saturated rings. The lowest BCUT2D eigenvalue weighted by atomic mass is 9.99. The monoisotopic (exact) mass is 1320 g/mol. The van der Waals surface area contributed by atoms with Crippen LogP contribution in [0.3, 0.4) is 0 Å². The highest BCUT2D eigenvalue weighted by Gasteiger charge is 2.30. The summed E-state index contributed by atoms with van der Waals surface area (Å²) in [7, 11) is -9.90. The van der Waals surface area contributed by atoms with Crippen LogP contribution in [-0.4, -0.2) is 96.7 Å². The standard InChI is InChI=1S/C71H138O17P2/c1-9-63(7)49-41-33-25-19-15-13-11-12-14-16-20-26-37-45-53-70(75)87-66(57-81-68(73)51-43-35-28-22-24-32-40-48-62(5)6)59-85-89(77,78)83-55-65(72)56-84-90(79,80)86-60-67(58-82-69(74)52-44-36-30-29-34-42-50-64(8)10-2)88-71(76)54-46-38-27-21-17-18-23-31-39-47-61(3)4/h61-67,72H,9-60H2,1-8H3,(H,77,78)(H,79,80)/t63?,64?,65-,66-,67-/m1/s1. The van der Waals surface area contributed by atoms with Crippen LogP contribution < -0.4 is 0 Å². The van der Waals surface area contributed by atoms with Gasteiger partial charge in [-0.25, -0.2) is 9.13 Å². The van der Waals surface area contributed by atoms with E-state index < -0.39 is 97.5 Å². The van der Waals surface area contributed by atoms with E-state index in [1.807, 2.05) is 0 Å². The SMILES string of the molecule is CCC(C)CCCCCCCCCCCCCCCCC(=O)O[C@H](COC(=O)CCCCCCCCCC(C)C)COP(=O)(O)OC[C@@H](O)COP(=O)(O)OC[C@@H](COC(=O)CCCCCCCCC(C)CC)OC(=O)CCCCCCCCCCCC(C)C. The van der Waals surface area contributed by atoms with Crippen molar-refractivity contribution in [3.8, 4) is 0 Å². The van der Waals surface area contributed by atoms with Crippen LogP contribution in [0.4, 0.5) is 0 Å². The van der Waals surface area contributed by atoms with Gasteiger partial charge in [-0.05, 0) is 49.4 Å². The van der Waals surface area contributed by atoms with Crippen LogP contribution in [0.2, 0.25) is 0 Å². The third-order valence-corrected chi connectivity index (χ3v) is 18.9. The molecule has 19 heteroatoms. The van der Waals surface area contributed by atoms with Gasteiger partial charge < -0.3 is 33.8 Å². The molecule has 0 aromatic heterocycles. The average molecular weight is 1330 g/mol. The minimum atomic E-state index is -4.95. The number of phosphoric ester groups is 2. The van der Waals surface area contributed by atoms with Crippen molar-refractivity contribution in [2.24, 2.45) is 23.7 Å². The molecule has 0 aliphatic rings. The molecule has 0 aromatic rings. The molecule has 0 aliphatic heterocycles. The maximum Gasteiger partial charge on any atom is 0.472 e. The Morgan fingerprint density at radius 1 is 0.311 bits per heavy atom. The van der Waals surface area contributed by atoms with E-state index in [0.717, 1.165) is 120 Å². The van der Waals surface area contributed by atoms with Gasteiger partial charge in [0, 0.05) is 25.7 Å². The summed E-state index contributed by atoms with van der Waals surface area (Å²) in [4.78, 5) is 72.5. The Morgan fingerprint density at radius 3 is 0.789 bits per heavy atom. The average Bonchev–Trinajstić information content (AvgIpc) is 3.42. The van der Waals surface area contributed by atoms with Crippen LogP contribution in [0.5, 0.6) is 0 Å². The maximum atomic E-state index is 13.0. The van der Waals surface area contributed by atoms with Crippen molar-refractivity contribution >= 4 is 39.5 Å². The molecule has 0 aromatic carbocycles. The van der Waals surface area contributed by atoms with Gasteiger partial charge in [0.2, 0.25) is 0 Å². The largest absolute Gasteiger partial charge is 0.472 e. The summed E-state index contributed by atoms with van der Waals surface area (Å²) in [5, 5.41) is 10.6. The number of ether oxygens (including phenoxy) is 4. The first-order valence-corrected chi connectivity index (χ1v) is 39.8. The molecule has 0 heterocycles. The number of phosphoric acid groups is 2. The first kappa shape index (κ1) is 88.1. The Balaban J connectivity index is 5.23. The van der Waals surface area contributed by atoms with E-state index in [4.69, 9.17) is 37.0 Å². The summed E-state index contributed by atoms with van der Waals surface area (Å²) < 4.78 is 68.3. The minimum absolute atomic E-state index is 0.104. The zero-order valence-corrected chi connectivity index (χ0v) is 60.6. The second-order valence-electron chi connectivity index (χ2n) is 27.1. The van der Waals surface area contributed by atoms with Crippen molar-refractivity contribution in [3.05, 3.63) is 0 Å². The Kier molecular flexibility index (Phi) is 59.4. The molecule has 0 rings (SSSR count). The number of unbranched alkanes of at least 4 members (excludes halogenated alkanes) is 32. The van der Waals surface area contributed by atoms with E-state index in [0.29, 0.717) is 31.6 Å². The van der Waals surface area contributed by atoms with Gasteiger partial charge in [0.1, 0.15) is 19.3 Å². The Hall–Kier alpha value is -1.94. The van der Waals surface area contributed by atoms with E-state index in [1.54, 1.807) is 0 Å². The van der Waals surface area contributed by atoms with E-state index >= 15 is 0 Å². The minimum Gasteiger partial charge on any atom is -0.462 e. The molecule has 0 saturated heterocycles. The number of rotatable bonds is 68. The molecule has 7 atom stereocenters. The van der Waals surface area contributed by atoms with Gasteiger partial charge in [0.05, 0.1) is 26.4 Å². The fourth-order valence-electron chi connectivity index (χ4n) is 10.6. The first-order chi connectivity index (χ1) is 43.2. The topological polar surface area (TPSA) is 237 Å². The third kappa shape index (κ3) is 62.2. The lowest BCUT2D eigenvalue weighted by Crippen LogP contribution is -2.30. The lowest BCUT2D eigenvalue weighted by Gasteiger charge is -2.21. The van der Waals surface area contributed by atoms with Crippen LogP contribution in [0.1, 0.15) is 351 Å². The molecular formula is C71H138O17P2. The molecule has 0 saturated carbocycles. The van der Waals surface area contributed by atoms with Crippen LogP contribution in [0.25, 0.3) is 0 Å². The highest BCUT2D eigenvalue weighted by Crippen LogP contribution is 2.45. The van der Waals surface area contributed by atoms with Crippen LogP contribution >= 0.6 is 15.6 Å². The van der Waals surface area contributed by atoms with Crippen molar-refractivity contribution < 1.29 is 80.2 Å². The summed E-state index contributed by atoms with van der Waals surface area (Å²) in [5.74, 6) is 0.888. The molecule has 0 spiro atoms. The number of carbonyl (C=O) groups is 4. The Labute approximate surface area is 549 Å². The molecule has 0 bridgehead atoms. The summed E-state index contributed by atoms with van der Waals surface area (Å²) in [5.41, 5.74) is 0. The summed E-state index contributed by atoms with van der Waals surface area (Å²) in [6.45, 7) is 14.1. The van der Waals surface area contributed by atoms with Crippen molar-refractivity contribution in [2.75, 3.05) is 39.6 Å².